The van der Waals surface area contributed by atoms with E-state index in [4.69, 9.17) is 5.73 Å². The molecule has 56 valence electrons. The van der Waals surface area contributed by atoms with Crippen LogP contribution in [0, 0.1) is 5.92 Å². The highest BCUT2D eigenvalue weighted by atomic mass is 32.2. The number of nitrogens with two attached hydrogens (primary N) is 1. The Kier molecular flexibility index (Phi) is 2.32. The molecular weight excluding hydrogens is 148 g/mol. The van der Waals surface area contributed by atoms with Crippen LogP contribution in [-0.4, -0.2) is 23.2 Å². The Labute approximate surface area is 64.1 Å². The van der Waals surface area contributed by atoms with Crippen molar-refractivity contribution in [1.82, 2.24) is 0 Å². The average molecular weight is 158 g/mol. The first-order chi connectivity index (χ1) is 4.72. The van der Waals surface area contributed by atoms with Crippen molar-refractivity contribution in [3.8, 4) is 0 Å². The fraction of sp³-hybridized carbons (Fsp3) is 0.667. The van der Waals surface area contributed by atoms with Crippen LogP contribution in [0.4, 0.5) is 0 Å². The molecule has 1 atom stereocenters. The van der Waals surface area contributed by atoms with Crippen molar-refractivity contribution in [2.45, 2.75) is 6.92 Å². The number of thioether (sulfide) groups is 1. The van der Waals surface area contributed by atoms with Crippen molar-refractivity contribution in [2.24, 2.45) is 16.6 Å². The molecule has 4 heteroatoms. The Bertz CT molecular complexity index is 179. The summed E-state index contributed by atoms with van der Waals surface area (Å²) in [7, 11) is 0. The zero-order chi connectivity index (χ0) is 7.56. The maximum atomic E-state index is 10.6. The minimum absolute atomic E-state index is 0.188. The standard InChI is InChI=1S/C6H10N2OS/c1-4(5(7)9)6-8-2-3-10-6/h4H,2-3H2,1H3,(H2,7,9). The van der Waals surface area contributed by atoms with Crippen LogP contribution in [0.3, 0.4) is 0 Å². The van der Waals surface area contributed by atoms with Gasteiger partial charge in [0.2, 0.25) is 5.91 Å². The van der Waals surface area contributed by atoms with Gasteiger partial charge in [0.05, 0.1) is 11.0 Å². The van der Waals surface area contributed by atoms with Gasteiger partial charge in [0.1, 0.15) is 0 Å². The molecule has 0 aliphatic carbocycles. The van der Waals surface area contributed by atoms with Gasteiger partial charge < -0.3 is 5.73 Å². The van der Waals surface area contributed by atoms with Crippen LogP contribution in [0.5, 0.6) is 0 Å². The van der Waals surface area contributed by atoms with Crippen molar-refractivity contribution in [2.75, 3.05) is 12.3 Å². The summed E-state index contributed by atoms with van der Waals surface area (Å²) < 4.78 is 0. The van der Waals surface area contributed by atoms with E-state index in [1.54, 1.807) is 18.7 Å². The molecule has 1 amide bonds. The summed E-state index contributed by atoms with van der Waals surface area (Å²) in [5, 5.41) is 0.896. The van der Waals surface area contributed by atoms with Gasteiger partial charge in [0.25, 0.3) is 0 Å². The summed E-state index contributed by atoms with van der Waals surface area (Å²) in [5.41, 5.74) is 5.08. The number of hydrogen-bond acceptors (Lipinski definition) is 3. The molecule has 1 unspecified atom stereocenters. The number of hydrogen-bond donors (Lipinski definition) is 1. The molecule has 10 heavy (non-hydrogen) atoms. The van der Waals surface area contributed by atoms with Crippen molar-refractivity contribution in [1.29, 1.82) is 0 Å². The largest absolute Gasteiger partial charge is 0.369 e. The number of nitrogens with zero attached hydrogens (tertiary/aromatic N) is 1. The predicted molar refractivity (Wildman–Crippen MR) is 43.1 cm³/mol. The first-order valence-electron chi connectivity index (χ1n) is 3.18. The van der Waals surface area contributed by atoms with E-state index in [1.807, 2.05) is 0 Å². The van der Waals surface area contributed by atoms with Gasteiger partial charge in [-0.15, -0.1) is 11.8 Å². The summed E-state index contributed by atoms with van der Waals surface area (Å²) in [6.07, 6.45) is 0. The smallest absolute Gasteiger partial charge is 0.226 e. The highest BCUT2D eigenvalue weighted by Crippen LogP contribution is 2.18. The third-order valence-electron chi connectivity index (χ3n) is 1.41. The van der Waals surface area contributed by atoms with Crippen LogP contribution in [-0.2, 0) is 4.79 Å². The highest BCUT2D eigenvalue weighted by molar-refractivity contribution is 8.14. The van der Waals surface area contributed by atoms with Crippen LogP contribution in [0.25, 0.3) is 0 Å². The van der Waals surface area contributed by atoms with Gasteiger partial charge >= 0.3 is 0 Å². The Morgan fingerprint density at radius 2 is 2.60 bits per heavy atom. The van der Waals surface area contributed by atoms with E-state index >= 15 is 0 Å². The van der Waals surface area contributed by atoms with E-state index in [2.05, 4.69) is 4.99 Å². The van der Waals surface area contributed by atoms with Gasteiger partial charge in [0, 0.05) is 12.3 Å². The summed E-state index contributed by atoms with van der Waals surface area (Å²) in [4.78, 5) is 14.8. The first-order valence-corrected chi connectivity index (χ1v) is 4.17. The Hall–Kier alpha value is -0.510. The van der Waals surface area contributed by atoms with Crippen molar-refractivity contribution < 1.29 is 4.79 Å². The fourth-order valence-corrected chi connectivity index (χ4v) is 1.68. The molecule has 0 aromatic rings. The average Bonchev–Trinajstić information content (AvgIpc) is 2.36. The second-order valence-corrected chi connectivity index (χ2v) is 3.31. The van der Waals surface area contributed by atoms with E-state index in [9.17, 15) is 4.79 Å². The molecule has 0 fully saturated rings. The summed E-state index contributed by atoms with van der Waals surface area (Å²) >= 11 is 1.63. The molecule has 1 aliphatic rings. The van der Waals surface area contributed by atoms with E-state index in [1.165, 1.54) is 0 Å². The molecular formula is C6H10N2OS. The molecule has 1 aliphatic heterocycles. The maximum absolute atomic E-state index is 10.6. The van der Waals surface area contributed by atoms with Crippen molar-refractivity contribution >= 4 is 22.7 Å². The molecule has 0 saturated carbocycles. The molecule has 3 nitrogen and oxygen atoms in total. The maximum Gasteiger partial charge on any atom is 0.226 e. The lowest BCUT2D eigenvalue weighted by Crippen LogP contribution is -2.25. The quantitative estimate of drug-likeness (QED) is 0.626. The second kappa shape index (κ2) is 3.05. The molecule has 0 radical (unpaired) electrons. The Morgan fingerprint density at radius 1 is 1.90 bits per heavy atom. The van der Waals surface area contributed by atoms with Crippen LogP contribution < -0.4 is 5.73 Å². The van der Waals surface area contributed by atoms with Gasteiger partial charge in [-0.3, -0.25) is 9.79 Å². The molecule has 1 rings (SSSR count). The van der Waals surface area contributed by atoms with Crippen molar-refractivity contribution in [3.05, 3.63) is 0 Å². The van der Waals surface area contributed by atoms with Gasteiger partial charge in [-0.2, -0.15) is 0 Å². The molecule has 2 N–H and O–H groups in total. The minimum Gasteiger partial charge on any atom is -0.369 e. The lowest BCUT2D eigenvalue weighted by Gasteiger charge is -2.03. The van der Waals surface area contributed by atoms with Crippen LogP contribution >= 0.6 is 11.8 Å². The van der Waals surface area contributed by atoms with Crippen LogP contribution in [0.2, 0.25) is 0 Å². The normalized spacial score (nSPS) is 20.3. The fourth-order valence-electron chi connectivity index (χ4n) is 0.735. The van der Waals surface area contributed by atoms with E-state index in [0.717, 1.165) is 17.3 Å². The molecule has 0 aromatic carbocycles. The summed E-state index contributed by atoms with van der Waals surface area (Å²) in [6.45, 7) is 2.62. The van der Waals surface area contributed by atoms with Crippen molar-refractivity contribution in [3.63, 3.8) is 0 Å². The second-order valence-electron chi connectivity index (χ2n) is 2.19. The predicted octanol–water partition coefficient (Wildman–Crippen LogP) is 0.253. The van der Waals surface area contributed by atoms with Gasteiger partial charge in [0.15, 0.2) is 0 Å². The molecule has 0 bridgehead atoms. The van der Waals surface area contributed by atoms with E-state index in [0.29, 0.717) is 0 Å². The topological polar surface area (TPSA) is 55.5 Å². The molecule has 0 saturated heterocycles. The number of primary amides is 1. The summed E-state index contributed by atoms with van der Waals surface area (Å²) in [6, 6.07) is 0. The highest BCUT2D eigenvalue weighted by Gasteiger charge is 2.19. The number of carbonyl (C=O) groups excluding carboxylic acids is 1. The number of amides is 1. The minimum atomic E-state index is -0.284. The Balaban J connectivity index is 2.55. The number of rotatable bonds is 2. The molecule has 0 aromatic heterocycles. The van der Waals surface area contributed by atoms with Crippen LogP contribution in [0.15, 0.2) is 4.99 Å². The molecule has 1 heterocycles. The van der Waals surface area contributed by atoms with Gasteiger partial charge in [-0.1, -0.05) is 0 Å². The zero-order valence-electron chi connectivity index (χ0n) is 5.83. The lowest BCUT2D eigenvalue weighted by atomic mass is 10.2. The Morgan fingerprint density at radius 3 is 3.00 bits per heavy atom. The van der Waals surface area contributed by atoms with Crippen LogP contribution in [0.1, 0.15) is 6.92 Å². The van der Waals surface area contributed by atoms with Gasteiger partial charge in [-0.05, 0) is 6.92 Å². The monoisotopic (exact) mass is 158 g/mol. The SMILES string of the molecule is CC(C(N)=O)C1=NCCS1. The first kappa shape index (κ1) is 7.60. The lowest BCUT2D eigenvalue weighted by molar-refractivity contribution is -0.119. The third-order valence-corrected chi connectivity index (χ3v) is 2.57. The van der Waals surface area contributed by atoms with E-state index in [-0.39, 0.29) is 11.8 Å². The number of aliphatic imine (C=N–C) groups is 1. The summed E-state index contributed by atoms with van der Waals surface area (Å²) in [5.74, 6) is 0.521. The molecule has 0 spiro atoms. The zero-order valence-corrected chi connectivity index (χ0v) is 6.65. The third kappa shape index (κ3) is 1.50. The van der Waals surface area contributed by atoms with Gasteiger partial charge in [-0.25, -0.2) is 0 Å². The number of carbonyl (C=O) groups is 1. The van der Waals surface area contributed by atoms with E-state index < -0.39 is 0 Å².